The summed E-state index contributed by atoms with van der Waals surface area (Å²) < 4.78 is 5.72. The van der Waals surface area contributed by atoms with Crippen molar-refractivity contribution in [2.24, 2.45) is 0 Å². The highest BCUT2D eigenvalue weighted by Gasteiger charge is 2.49. The van der Waals surface area contributed by atoms with Crippen molar-refractivity contribution in [1.29, 1.82) is 0 Å². The van der Waals surface area contributed by atoms with Crippen LogP contribution < -0.4 is 10.1 Å². The summed E-state index contributed by atoms with van der Waals surface area (Å²) in [5.41, 5.74) is 1.77. The molecule has 1 aliphatic rings. The highest BCUT2D eigenvalue weighted by atomic mass is 16.5. The molecule has 1 unspecified atom stereocenters. The minimum atomic E-state index is -1.04. The van der Waals surface area contributed by atoms with E-state index in [0.717, 1.165) is 22.4 Å². The van der Waals surface area contributed by atoms with Crippen LogP contribution in [0.25, 0.3) is 0 Å². The first kappa shape index (κ1) is 17.0. The van der Waals surface area contributed by atoms with Crippen molar-refractivity contribution in [2.75, 3.05) is 13.2 Å². The molecule has 3 rings (SSSR count). The zero-order valence-electron chi connectivity index (χ0n) is 14.7. The van der Waals surface area contributed by atoms with Crippen molar-refractivity contribution in [1.82, 2.24) is 10.2 Å². The average molecular weight is 338 g/mol. The van der Waals surface area contributed by atoms with Gasteiger partial charge in [-0.05, 0) is 43.5 Å². The fourth-order valence-corrected chi connectivity index (χ4v) is 3.18. The molecule has 0 saturated carbocycles. The van der Waals surface area contributed by atoms with Gasteiger partial charge in [0.25, 0.3) is 5.91 Å². The number of nitrogens with zero attached hydrogens (tertiary/aromatic N) is 1. The standard InChI is InChI=1S/C20H22N2O3/c1-14-8-4-6-10-16(14)20(3)18(23)22(19(24)21-20)12-13-25-17-11-7-5-9-15(17)2/h4-11H,12-13H2,1-3H3,(H,21,24). The van der Waals surface area contributed by atoms with Gasteiger partial charge in [0.2, 0.25) is 0 Å². The second-order valence-electron chi connectivity index (χ2n) is 6.44. The Morgan fingerprint density at radius 2 is 1.64 bits per heavy atom. The Bertz CT molecular complexity index is 818. The van der Waals surface area contributed by atoms with Crippen LogP contribution in [0.4, 0.5) is 4.79 Å². The maximum atomic E-state index is 12.9. The fourth-order valence-electron chi connectivity index (χ4n) is 3.18. The van der Waals surface area contributed by atoms with Crippen LogP contribution in [0, 0.1) is 13.8 Å². The van der Waals surface area contributed by atoms with E-state index in [0.29, 0.717) is 0 Å². The van der Waals surface area contributed by atoms with Crippen LogP contribution in [-0.2, 0) is 10.3 Å². The molecule has 0 bridgehead atoms. The van der Waals surface area contributed by atoms with Crippen LogP contribution in [0.5, 0.6) is 5.75 Å². The molecule has 1 aliphatic heterocycles. The number of imide groups is 1. The van der Waals surface area contributed by atoms with Crippen molar-refractivity contribution >= 4 is 11.9 Å². The van der Waals surface area contributed by atoms with E-state index in [-0.39, 0.29) is 25.1 Å². The molecule has 5 nitrogen and oxygen atoms in total. The predicted octanol–water partition coefficient (Wildman–Crippen LogP) is 3.15. The Labute approximate surface area is 147 Å². The van der Waals surface area contributed by atoms with Gasteiger partial charge in [-0.1, -0.05) is 42.5 Å². The van der Waals surface area contributed by atoms with Gasteiger partial charge in [-0.25, -0.2) is 4.79 Å². The predicted molar refractivity (Wildman–Crippen MR) is 95.4 cm³/mol. The summed E-state index contributed by atoms with van der Waals surface area (Å²) in [6.07, 6.45) is 0. The Hall–Kier alpha value is -2.82. The van der Waals surface area contributed by atoms with Crippen LogP contribution in [-0.4, -0.2) is 30.0 Å². The first-order valence-corrected chi connectivity index (χ1v) is 8.32. The smallest absolute Gasteiger partial charge is 0.325 e. The number of para-hydroxylation sites is 1. The lowest BCUT2D eigenvalue weighted by atomic mass is 9.88. The summed E-state index contributed by atoms with van der Waals surface area (Å²) in [5.74, 6) is 0.511. The van der Waals surface area contributed by atoms with E-state index < -0.39 is 5.54 Å². The average Bonchev–Trinajstić information content (AvgIpc) is 2.80. The normalized spacial score (nSPS) is 19.9. The van der Waals surface area contributed by atoms with Crippen molar-refractivity contribution in [3.05, 3.63) is 65.2 Å². The van der Waals surface area contributed by atoms with Gasteiger partial charge in [0, 0.05) is 0 Å². The van der Waals surface area contributed by atoms with E-state index >= 15 is 0 Å². The number of nitrogens with one attached hydrogen (secondary N) is 1. The highest BCUT2D eigenvalue weighted by molar-refractivity contribution is 6.07. The zero-order valence-corrected chi connectivity index (χ0v) is 14.7. The Kier molecular flexibility index (Phi) is 4.49. The molecule has 1 atom stereocenters. The van der Waals surface area contributed by atoms with Crippen molar-refractivity contribution < 1.29 is 14.3 Å². The van der Waals surface area contributed by atoms with Crippen LogP contribution in [0.2, 0.25) is 0 Å². The molecule has 25 heavy (non-hydrogen) atoms. The molecule has 2 aromatic carbocycles. The van der Waals surface area contributed by atoms with Gasteiger partial charge < -0.3 is 10.1 Å². The molecule has 1 N–H and O–H groups in total. The first-order valence-electron chi connectivity index (χ1n) is 8.32. The molecule has 2 aromatic rings. The van der Waals surface area contributed by atoms with Crippen molar-refractivity contribution in [2.45, 2.75) is 26.3 Å². The molecule has 0 radical (unpaired) electrons. The Morgan fingerprint density at radius 3 is 2.32 bits per heavy atom. The second-order valence-corrected chi connectivity index (χ2v) is 6.44. The van der Waals surface area contributed by atoms with Gasteiger partial charge in [-0.15, -0.1) is 0 Å². The Balaban J connectivity index is 1.72. The zero-order chi connectivity index (χ0) is 18.0. The molecular formula is C20H22N2O3. The number of carbonyl (C=O) groups excluding carboxylic acids is 2. The van der Waals surface area contributed by atoms with Crippen molar-refractivity contribution in [3.8, 4) is 5.75 Å². The van der Waals surface area contributed by atoms with Crippen LogP contribution in [0.3, 0.4) is 0 Å². The summed E-state index contributed by atoms with van der Waals surface area (Å²) in [5, 5.41) is 2.83. The fraction of sp³-hybridized carbons (Fsp3) is 0.300. The van der Waals surface area contributed by atoms with Gasteiger partial charge in [0.1, 0.15) is 17.9 Å². The molecule has 0 aliphatic carbocycles. The van der Waals surface area contributed by atoms with Gasteiger partial charge in [-0.2, -0.15) is 0 Å². The van der Waals surface area contributed by atoms with Gasteiger partial charge >= 0.3 is 6.03 Å². The lowest BCUT2D eigenvalue weighted by Crippen LogP contribution is -2.41. The molecule has 1 heterocycles. The lowest BCUT2D eigenvalue weighted by molar-refractivity contribution is -0.131. The largest absolute Gasteiger partial charge is 0.491 e. The molecule has 1 saturated heterocycles. The summed E-state index contributed by atoms with van der Waals surface area (Å²) >= 11 is 0. The molecule has 5 heteroatoms. The van der Waals surface area contributed by atoms with Gasteiger partial charge in [0.15, 0.2) is 0 Å². The number of rotatable bonds is 5. The molecule has 3 amide bonds. The van der Waals surface area contributed by atoms with Crippen LogP contribution in [0.1, 0.15) is 23.6 Å². The van der Waals surface area contributed by atoms with Crippen molar-refractivity contribution in [3.63, 3.8) is 0 Å². The maximum Gasteiger partial charge on any atom is 0.325 e. The number of ether oxygens (including phenoxy) is 1. The Morgan fingerprint density at radius 1 is 1.00 bits per heavy atom. The summed E-state index contributed by atoms with van der Waals surface area (Å²) in [6.45, 7) is 6.11. The van der Waals surface area contributed by atoms with Gasteiger partial charge in [-0.3, -0.25) is 9.69 Å². The molecule has 0 spiro atoms. The van der Waals surface area contributed by atoms with E-state index in [9.17, 15) is 9.59 Å². The quantitative estimate of drug-likeness (QED) is 0.852. The minimum absolute atomic E-state index is 0.209. The molecule has 0 aromatic heterocycles. The van der Waals surface area contributed by atoms with E-state index in [1.165, 1.54) is 4.90 Å². The molecule has 130 valence electrons. The third-order valence-corrected chi connectivity index (χ3v) is 4.62. The van der Waals surface area contributed by atoms with Crippen LogP contribution >= 0.6 is 0 Å². The number of aryl methyl sites for hydroxylation is 2. The maximum absolute atomic E-state index is 12.9. The second kappa shape index (κ2) is 6.59. The summed E-state index contributed by atoms with van der Waals surface area (Å²) in [4.78, 5) is 26.4. The number of hydrogen-bond acceptors (Lipinski definition) is 3. The highest BCUT2D eigenvalue weighted by Crippen LogP contribution is 2.30. The summed E-state index contributed by atoms with van der Waals surface area (Å²) in [6, 6.07) is 14.9. The number of hydrogen-bond donors (Lipinski definition) is 1. The number of amides is 3. The topological polar surface area (TPSA) is 58.6 Å². The third-order valence-electron chi connectivity index (χ3n) is 4.62. The number of urea groups is 1. The van der Waals surface area contributed by atoms with E-state index in [1.807, 2.05) is 62.4 Å². The lowest BCUT2D eigenvalue weighted by Gasteiger charge is -2.24. The summed E-state index contributed by atoms with van der Waals surface area (Å²) in [7, 11) is 0. The SMILES string of the molecule is Cc1ccccc1OCCN1C(=O)NC(C)(c2ccccc2C)C1=O. The van der Waals surface area contributed by atoms with E-state index in [4.69, 9.17) is 4.74 Å². The van der Waals surface area contributed by atoms with Gasteiger partial charge in [0.05, 0.1) is 6.54 Å². The van der Waals surface area contributed by atoms with Crippen LogP contribution in [0.15, 0.2) is 48.5 Å². The monoisotopic (exact) mass is 338 g/mol. The number of carbonyl (C=O) groups is 2. The minimum Gasteiger partial charge on any atom is -0.491 e. The molecule has 1 fully saturated rings. The number of benzene rings is 2. The molecular weight excluding hydrogens is 316 g/mol. The third kappa shape index (κ3) is 3.09. The van der Waals surface area contributed by atoms with E-state index in [2.05, 4.69) is 5.32 Å². The van der Waals surface area contributed by atoms with E-state index in [1.54, 1.807) is 6.92 Å². The first-order chi connectivity index (χ1) is 11.9.